The number of ether oxygens (including phenoxy) is 2. The van der Waals surface area contributed by atoms with E-state index < -0.39 is 0 Å². The van der Waals surface area contributed by atoms with Crippen LogP contribution in [0.4, 0.5) is 0 Å². The number of hydrogen-bond acceptors (Lipinski definition) is 3. The first kappa shape index (κ1) is 15.5. The van der Waals surface area contributed by atoms with Gasteiger partial charge >= 0.3 is 5.97 Å². The van der Waals surface area contributed by atoms with Gasteiger partial charge in [0.15, 0.2) is 0 Å². The van der Waals surface area contributed by atoms with Crippen LogP contribution in [0.15, 0.2) is 46.4 Å². The third-order valence-electron chi connectivity index (χ3n) is 4.75. The number of benzene rings is 2. The summed E-state index contributed by atoms with van der Waals surface area (Å²) in [5.41, 5.74) is 5.70. The van der Waals surface area contributed by atoms with Crippen LogP contribution in [0.5, 0.6) is 5.75 Å². The molecule has 24 heavy (non-hydrogen) atoms. The molecule has 0 fully saturated rings. The summed E-state index contributed by atoms with van der Waals surface area (Å²) in [4.78, 5) is 11.7. The summed E-state index contributed by atoms with van der Waals surface area (Å²) in [5, 5.41) is 0. The molecule has 2 aromatic carbocycles. The summed E-state index contributed by atoms with van der Waals surface area (Å²) in [6, 6.07) is 11.9. The van der Waals surface area contributed by atoms with Crippen molar-refractivity contribution in [3.8, 4) is 5.75 Å². The molecule has 0 bridgehead atoms. The topological polar surface area (TPSA) is 35.5 Å². The molecule has 1 aliphatic carbocycles. The second kappa shape index (κ2) is 6.10. The molecule has 0 spiro atoms. The van der Waals surface area contributed by atoms with E-state index in [1.54, 1.807) is 6.07 Å². The van der Waals surface area contributed by atoms with Gasteiger partial charge in [-0.2, -0.15) is 0 Å². The molecule has 0 saturated carbocycles. The number of carbonyl (C=O) groups excluding carboxylic acids is 1. The van der Waals surface area contributed by atoms with Crippen LogP contribution < -0.4 is 4.74 Å². The van der Waals surface area contributed by atoms with Gasteiger partial charge in [-0.25, -0.2) is 4.79 Å². The number of halogens is 1. The Morgan fingerprint density at radius 2 is 2.08 bits per heavy atom. The van der Waals surface area contributed by atoms with Crippen LogP contribution in [0.3, 0.4) is 0 Å². The Morgan fingerprint density at radius 1 is 1.21 bits per heavy atom. The van der Waals surface area contributed by atoms with Gasteiger partial charge in [0.25, 0.3) is 0 Å². The van der Waals surface area contributed by atoms with Gasteiger partial charge in [0, 0.05) is 10.4 Å². The minimum Gasteiger partial charge on any atom is -0.493 e. The molecule has 4 heteroatoms. The highest BCUT2D eigenvalue weighted by molar-refractivity contribution is 9.10. The maximum Gasteiger partial charge on any atom is 0.337 e. The fourth-order valence-electron chi connectivity index (χ4n) is 3.48. The molecule has 0 saturated heterocycles. The number of hydrogen-bond donors (Lipinski definition) is 0. The summed E-state index contributed by atoms with van der Waals surface area (Å²) in [6.45, 7) is 0.686. The molecule has 0 aromatic heterocycles. The Balaban J connectivity index is 1.58. The Morgan fingerprint density at radius 3 is 2.92 bits per heavy atom. The molecular weight excluding hydrogens is 368 g/mol. The van der Waals surface area contributed by atoms with Crippen LogP contribution in [0.2, 0.25) is 0 Å². The molecule has 1 unspecified atom stereocenters. The van der Waals surface area contributed by atoms with Gasteiger partial charge in [-0.3, -0.25) is 0 Å². The molecule has 0 radical (unpaired) electrons. The average Bonchev–Trinajstić information content (AvgIpc) is 3.03. The Kier molecular flexibility index (Phi) is 3.93. The number of esters is 1. The lowest BCUT2D eigenvalue weighted by Gasteiger charge is -2.26. The Hall–Kier alpha value is -2.07. The summed E-state index contributed by atoms with van der Waals surface area (Å²) in [6.07, 6.45) is 4.14. The fraction of sp³-hybridized carbons (Fsp3) is 0.250. The van der Waals surface area contributed by atoms with E-state index in [1.165, 1.54) is 23.8 Å². The van der Waals surface area contributed by atoms with E-state index in [1.807, 2.05) is 12.1 Å². The Bertz CT molecular complexity index is 854. The smallest absolute Gasteiger partial charge is 0.337 e. The Labute approximate surface area is 149 Å². The molecule has 1 aliphatic heterocycles. The standard InChI is InChI=1S/C20H17BrO3/c1-23-20(22)13-3-5-19-16(7-13)9-17(11-24-19)14-6-12-2-4-18(21)10-15(12)8-14/h2-7,10,17H,8-9,11H2,1H3. The third kappa shape index (κ3) is 2.75. The van der Waals surface area contributed by atoms with Crippen molar-refractivity contribution in [3.05, 3.63) is 68.7 Å². The van der Waals surface area contributed by atoms with Crippen LogP contribution in [-0.2, 0) is 17.6 Å². The molecule has 0 amide bonds. The molecular formula is C20H17BrO3. The van der Waals surface area contributed by atoms with Crippen molar-refractivity contribution in [2.24, 2.45) is 5.92 Å². The number of rotatable bonds is 2. The van der Waals surface area contributed by atoms with Gasteiger partial charge in [0.05, 0.1) is 19.3 Å². The first-order chi connectivity index (χ1) is 11.6. The summed E-state index contributed by atoms with van der Waals surface area (Å²) in [7, 11) is 1.40. The predicted octanol–water partition coefficient (Wildman–Crippen LogP) is 4.43. The first-order valence-electron chi connectivity index (χ1n) is 7.97. The molecule has 3 nitrogen and oxygen atoms in total. The normalized spacial score (nSPS) is 18.2. The lowest BCUT2D eigenvalue weighted by Crippen LogP contribution is -2.23. The van der Waals surface area contributed by atoms with E-state index in [0.717, 1.165) is 28.6 Å². The van der Waals surface area contributed by atoms with Gasteiger partial charge in [-0.15, -0.1) is 0 Å². The van der Waals surface area contributed by atoms with Crippen molar-refractivity contribution in [1.29, 1.82) is 0 Å². The zero-order chi connectivity index (χ0) is 16.7. The fourth-order valence-corrected chi connectivity index (χ4v) is 3.89. The van der Waals surface area contributed by atoms with Crippen LogP contribution in [0, 0.1) is 5.92 Å². The second-order valence-corrected chi connectivity index (χ2v) is 7.18. The van der Waals surface area contributed by atoms with Crippen molar-refractivity contribution < 1.29 is 14.3 Å². The zero-order valence-corrected chi connectivity index (χ0v) is 14.9. The largest absolute Gasteiger partial charge is 0.493 e. The van der Waals surface area contributed by atoms with Gasteiger partial charge in [0.2, 0.25) is 0 Å². The number of methoxy groups -OCH3 is 1. The minimum absolute atomic E-state index is 0.308. The molecule has 2 aliphatic rings. The third-order valence-corrected chi connectivity index (χ3v) is 5.25. The second-order valence-electron chi connectivity index (χ2n) is 6.27. The van der Waals surface area contributed by atoms with Gasteiger partial charge in [-0.1, -0.05) is 33.6 Å². The maximum atomic E-state index is 11.7. The van der Waals surface area contributed by atoms with Gasteiger partial charge < -0.3 is 9.47 Å². The number of fused-ring (bicyclic) bond motifs is 2. The average molecular weight is 385 g/mol. The van der Waals surface area contributed by atoms with Crippen LogP contribution in [0.25, 0.3) is 6.08 Å². The van der Waals surface area contributed by atoms with Crippen LogP contribution >= 0.6 is 15.9 Å². The van der Waals surface area contributed by atoms with Crippen LogP contribution in [-0.4, -0.2) is 19.7 Å². The monoisotopic (exact) mass is 384 g/mol. The quantitative estimate of drug-likeness (QED) is 0.718. The highest BCUT2D eigenvalue weighted by Crippen LogP contribution is 2.37. The highest BCUT2D eigenvalue weighted by atomic mass is 79.9. The summed E-state index contributed by atoms with van der Waals surface area (Å²) < 4.78 is 11.9. The first-order valence-corrected chi connectivity index (χ1v) is 8.76. The van der Waals surface area contributed by atoms with E-state index in [2.05, 4.69) is 40.2 Å². The highest BCUT2D eigenvalue weighted by Gasteiger charge is 2.27. The van der Waals surface area contributed by atoms with Crippen molar-refractivity contribution >= 4 is 28.0 Å². The van der Waals surface area contributed by atoms with E-state index in [0.29, 0.717) is 18.1 Å². The van der Waals surface area contributed by atoms with Crippen molar-refractivity contribution in [1.82, 2.24) is 0 Å². The molecule has 2 aromatic rings. The van der Waals surface area contributed by atoms with Crippen molar-refractivity contribution in [2.75, 3.05) is 13.7 Å². The summed E-state index contributed by atoms with van der Waals surface area (Å²) in [5.74, 6) is 0.909. The van der Waals surface area contributed by atoms with Crippen molar-refractivity contribution in [2.45, 2.75) is 12.8 Å². The maximum absolute atomic E-state index is 11.7. The SMILES string of the molecule is COC(=O)c1ccc2c(c1)CC(C1=Cc3ccc(Br)cc3C1)CO2. The van der Waals surface area contributed by atoms with E-state index in [9.17, 15) is 4.79 Å². The van der Waals surface area contributed by atoms with Gasteiger partial charge in [-0.05, 0) is 59.9 Å². The molecule has 4 rings (SSSR count). The van der Waals surface area contributed by atoms with Crippen LogP contribution in [0.1, 0.15) is 27.0 Å². The molecule has 1 heterocycles. The lowest BCUT2D eigenvalue weighted by atomic mass is 9.88. The van der Waals surface area contributed by atoms with E-state index in [4.69, 9.17) is 9.47 Å². The molecule has 122 valence electrons. The molecule has 0 N–H and O–H groups in total. The lowest BCUT2D eigenvalue weighted by molar-refractivity contribution is 0.0600. The number of carbonyl (C=O) groups is 1. The minimum atomic E-state index is -0.308. The van der Waals surface area contributed by atoms with Crippen molar-refractivity contribution in [3.63, 3.8) is 0 Å². The predicted molar refractivity (Wildman–Crippen MR) is 96.3 cm³/mol. The van der Waals surface area contributed by atoms with E-state index >= 15 is 0 Å². The zero-order valence-electron chi connectivity index (χ0n) is 13.3. The van der Waals surface area contributed by atoms with Gasteiger partial charge in [0.1, 0.15) is 5.75 Å². The summed E-state index contributed by atoms with van der Waals surface area (Å²) >= 11 is 3.54. The molecule has 1 atom stereocenters. The van der Waals surface area contributed by atoms with E-state index in [-0.39, 0.29) is 5.97 Å².